The zero-order valence-electron chi connectivity index (χ0n) is 18.5. The molecule has 0 amide bonds. The lowest BCUT2D eigenvalue weighted by Gasteiger charge is -2.08. The summed E-state index contributed by atoms with van der Waals surface area (Å²) in [6.45, 7) is 1.94. The maximum absolute atomic E-state index is 14.6. The van der Waals surface area contributed by atoms with Crippen LogP contribution in [0.5, 0.6) is 0 Å². The summed E-state index contributed by atoms with van der Waals surface area (Å²) in [6.07, 6.45) is 1.80. The molecule has 4 rings (SSSR count). The van der Waals surface area contributed by atoms with Gasteiger partial charge in [0.05, 0.1) is 5.56 Å². The summed E-state index contributed by atoms with van der Waals surface area (Å²) >= 11 is 0. The predicted octanol–water partition coefficient (Wildman–Crippen LogP) is 7.67. The molecule has 0 bridgehead atoms. The Morgan fingerprint density at radius 2 is 1.35 bits per heavy atom. The SMILES string of the molecule is CCCc1cc(F)c(CCc2ccc(C#Cc3ccc4c(F)c(F)ccc4c3)c(F)c2)c(F)c1. The summed E-state index contributed by atoms with van der Waals surface area (Å²) in [6, 6.07) is 14.3. The van der Waals surface area contributed by atoms with E-state index in [0.29, 0.717) is 28.5 Å². The summed E-state index contributed by atoms with van der Waals surface area (Å²) in [5.74, 6) is 2.03. The molecule has 0 saturated carbocycles. The van der Waals surface area contributed by atoms with Crippen molar-refractivity contribution in [2.45, 2.75) is 32.6 Å². The summed E-state index contributed by atoms with van der Waals surface area (Å²) in [5, 5.41) is 0.637. The van der Waals surface area contributed by atoms with Gasteiger partial charge >= 0.3 is 0 Å². The van der Waals surface area contributed by atoms with Gasteiger partial charge in [0.1, 0.15) is 17.5 Å². The molecule has 4 aromatic carbocycles. The lowest BCUT2D eigenvalue weighted by atomic mass is 9.99. The van der Waals surface area contributed by atoms with E-state index in [0.717, 1.165) is 12.5 Å². The first-order valence-corrected chi connectivity index (χ1v) is 11.0. The van der Waals surface area contributed by atoms with Crippen LogP contribution in [-0.2, 0) is 19.3 Å². The summed E-state index contributed by atoms with van der Waals surface area (Å²) in [4.78, 5) is 0. The van der Waals surface area contributed by atoms with Gasteiger partial charge in [-0.3, -0.25) is 0 Å². The van der Waals surface area contributed by atoms with Crippen molar-refractivity contribution in [3.63, 3.8) is 0 Å². The van der Waals surface area contributed by atoms with E-state index >= 15 is 0 Å². The lowest BCUT2D eigenvalue weighted by molar-refractivity contribution is 0.517. The van der Waals surface area contributed by atoms with Gasteiger partial charge in [-0.05, 0) is 78.2 Å². The zero-order valence-corrected chi connectivity index (χ0v) is 18.5. The molecule has 0 aliphatic heterocycles. The number of fused-ring (bicyclic) bond motifs is 1. The van der Waals surface area contributed by atoms with Gasteiger partial charge in [-0.1, -0.05) is 43.4 Å². The van der Waals surface area contributed by atoms with Crippen molar-refractivity contribution in [1.82, 2.24) is 0 Å². The highest BCUT2D eigenvalue weighted by Crippen LogP contribution is 2.22. The van der Waals surface area contributed by atoms with E-state index in [9.17, 15) is 22.0 Å². The van der Waals surface area contributed by atoms with Crippen LogP contribution < -0.4 is 0 Å². The number of rotatable bonds is 5. The van der Waals surface area contributed by atoms with E-state index in [4.69, 9.17) is 0 Å². The summed E-state index contributed by atoms with van der Waals surface area (Å²) in [7, 11) is 0. The molecule has 0 nitrogen and oxygen atoms in total. The smallest absolute Gasteiger partial charge is 0.166 e. The molecule has 0 unspecified atom stereocenters. The number of halogens is 5. The van der Waals surface area contributed by atoms with Crippen molar-refractivity contribution in [3.8, 4) is 11.8 Å². The molecule has 0 aliphatic rings. The van der Waals surface area contributed by atoms with Crippen LogP contribution >= 0.6 is 0 Å². The van der Waals surface area contributed by atoms with Crippen molar-refractivity contribution >= 4 is 10.8 Å². The number of aryl methyl sites for hydroxylation is 2. The standard InChI is InChI=1S/C29H21F5/c1-2-3-20-16-27(32)24(28(33)17-20)12-7-19-5-9-21(26(31)15-19)8-4-18-6-11-23-22(14-18)10-13-25(30)29(23)34/h5-6,9-11,13-17H,2-3,7,12H2,1H3. The quantitative estimate of drug-likeness (QED) is 0.210. The molecule has 0 radical (unpaired) electrons. The van der Waals surface area contributed by atoms with Crippen LogP contribution in [0.3, 0.4) is 0 Å². The Morgan fingerprint density at radius 1 is 0.618 bits per heavy atom. The van der Waals surface area contributed by atoms with Gasteiger partial charge in [0.25, 0.3) is 0 Å². The third-order valence-electron chi connectivity index (χ3n) is 5.69. The molecular formula is C29H21F5. The van der Waals surface area contributed by atoms with Gasteiger partial charge in [-0.2, -0.15) is 0 Å². The van der Waals surface area contributed by atoms with Crippen LogP contribution in [0, 0.1) is 40.9 Å². The average molecular weight is 464 g/mol. The van der Waals surface area contributed by atoms with E-state index in [1.807, 2.05) is 6.92 Å². The molecule has 5 heteroatoms. The second-order valence-corrected chi connectivity index (χ2v) is 8.15. The highest BCUT2D eigenvalue weighted by Gasteiger charge is 2.12. The predicted molar refractivity (Wildman–Crippen MR) is 124 cm³/mol. The second kappa shape index (κ2) is 10.1. The Bertz CT molecular complexity index is 1400. The molecule has 0 fully saturated rings. The minimum absolute atomic E-state index is 0.00301. The maximum atomic E-state index is 14.6. The van der Waals surface area contributed by atoms with Gasteiger partial charge in [-0.25, -0.2) is 22.0 Å². The molecule has 0 heterocycles. The fraction of sp³-hybridized carbons (Fsp3) is 0.172. The fourth-order valence-corrected chi connectivity index (χ4v) is 3.89. The minimum atomic E-state index is -0.924. The second-order valence-electron chi connectivity index (χ2n) is 8.15. The van der Waals surface area contributed by atoms with E-state index < -0.39 is 29.1 Å². The number of benzene rings is 4. The fourth-order valence-electron chi connectivity index (χ4n) is 3.89. The Hall–Kier alpha value is -3.65. The molecule has 0 atom stereocenters. The lowest BCUT2D eigenvalue weighted by Crippen LogP contribution is -2.01. The highest BCUT2D eigenvalue weighted by molar-refractivity contribution is 5.84. The first-order chi connectivity index (χ1) is 16.4. The van der Waals surface area contributed by atoms with E-state index in [2.05, 4.69) is 11.8 Å². The Balaban J connectivity index is 1.49. The highest BCUT2D eigenvalue weighted by atomic mass is 19.2. The van der Waals surface area contributed by atoms with Gasteiger partial charge < -0.3 is 0 Å². The summed E-state index contributed by atoms with van der Waals surface area (Å²) in [5.41, 5.74) is 1.91. The molecule has 34 heavy (non-hydrogen) atoms. The number of hydrogen-bond acceptors (Lipinski definition) is 0. The Kier molecular flexibility index (Phi) is 6.98. The van der Waals surface area contributed by atoms with Crippen LogP contribution in [0.4, 0.5) is 22.0 Å². The molecule has 0 N–H and O–H groups in total. The minimum Gasteiger partial charge on any atom is -0.207 e. The molecule has 172 valence electrons. The van der Waals surface area contributed by atoms with Crippen molar-refractivity contribution in [1.29, 1.82) is 0 Å². The van der Waals surface area contributed by atoms with Crippen LogP contribution in [0.15, 0.2) is 60.7 Å². The van der Waals surface area contributed by atoms with Crippen LogP contribution in [-0.4, -0.2) is 0 Å². The van der Waals surface area contributed by atoms with Gasteiger partial charge in [0, 0.05) is 16.5 Å². The Morgan fingerprint density at radius 3 is 2.06 bits per heavy atom. The molecule has 0 spiro atoms. The van der Waals surface area contributed by atoms with Crippen molar-refractivity contribution in [2.75, 3.05) is 0 Å². The average Bonchev–Trinajstić information content (AvgIpc) is 2.80. The van der Waals surface area contributed by atoms with Crippen LogP contribution in [0.25, 0.3) is 10.8 Å². The zero-order chi connectivity index (χ0) is 24.2. The van der Waals surface area contributed by atoms with Crippen LogP contribution in [0.1, 0.15) is 41.2 Å². The normalized spacial score (nSPS) is 10.9. The molecule has 4 aromatic rings. The monoisotopic (exact) mass is 464 g/mol. The molecular weight excluding hydrogens is 443 g/mol. The van der Waals surface area contributed by atoms with E-state index in [1.54, 1.807) is 18.2 Å². The van der Waals surface area contributed by atoms with Gasteiger partial charge in [0.15, 0.2) is 11.6 Å². The topological polar surface area (TPSA) is 0 Å². The van der Waals surface area contributed by atoms with Crippen molar-refractivity contribution < 1.29 is 22.0 Å². The first kappa shape index (κ1) is 23.5. The van der Waals surface area contributed by atoms with E-state index in [-0.39, 0.29) is 29.4 Å². The largest absolute Gasteiger partial charge is 0.207 e. The third-order valence-corrected chi connectivity index (χ3v) is 5.69. The van der Waals surface area contributed by atoms with E-state index in [1.165, 1.54) is 36.4 Å². The number of hydrogen-bond donors (Lipinski definition) is 0. The first-order valence-electron chi connectivity index (χ1n) is 11.0. The summed E-state index contributed by atoms with van der Waals surface area (Å²) < 4.78 is 70.4. The van der Waals surface area contributed by atoms with Crippen molar-refractivity contribution in [3.05, 3.63) is 118 Å². The van der Waals surface area contributed by atoms with Crippen LogP contribution in [0.2, 0.25) is 0 Å². The Labute approximate surface area is 195 Å². The van der Waals surface area contributed by atoms with Gasteiger partial charge in [0.2, 0.25) is 0 Å². The molecule has 0 aromatic heterocycles. The maximum Gasteiger partial charge on any atom is 0.166 e. The molecule has 0 aliphatic carbocycles. The molecule has 0 saturated heterocycles. The third kappa shape index (κ3) is 5.12. The van der Waals surface area contributed by atoms with Crippen molar-refractivity contribution in [2.24, 2.45) is 0 Å². The van der Waals surface area contributed by atoms with Gasteiger partial charge in [-0.15, -0.1) is 0 Å².